The van der Waals surface area contributed by atoms with Gasteiger partial charge in [-0.25, -0.2) is 9.78 Å². The second-order valence-corrected chi connectivity index (χ2v) is 18.7. The molecule has 4 N–H and O–H groups in total. The van der Waals surface area contributed by atoms with Crippen molar-refractivity contribution < 1.29 is 28.7 Å². The SMILES string of the molecule is COc1cc(/C=C2\C[C@H](C)CN([C@@H](C)c3ccc(C(=O)c4ccc(CNC(=O)CCCCCNC(=O)CCCC[C@@H]5SCC6NC(=O)NC65)cc4)cc3)C2=O)ccc1-n1cnc(C)c1. The molecule has 13 nitrogen and oxygen atoms in total. The molecule has 338 valence electrons. The lowest BCUT2D eigenvalue weighted by Gasteiger charge is -2.37. The molecule has 5 amide bonds. The lowest BCUT2D eigenvalue weighted by molar-refractivity contribution is -0.132. The minimum absolute atomic E-state index is 0.00389. The van der Waals surface area contributed by atoms with E-state index in [4.69, 9.17) is 4.74 Å². The normalized spacial score (nSPS) is 20.4. The van der Waals surface area contributed by atoms with Crippen molar-refractivity contribution >= 4 is 47.4 Å². The zero-order valence-electron chi connectivity index (χ0n) is 37.4. The Morgan fingerprint density at radius 1 is 0.922 bits per heavy atom. The summed E-state index contributed by atoms with van der Waals surface area (Å²) < 4.78 is 7.62. The van der Waals surface area contributed by atoms with E-state index in [2.05, 4.69) is 33.2 Å². The highest BCUT2D eigenvalue weighted by Crippen LogP contribution is 2.34. The first kappa shape index (κ1) is 46.1. The topological polar surface area (TPSA) is 164 Å². The molecule has 3 fully saturated rings. The van der Waals surface area contributed by atoms with Gasteiger partial charge in [0.25, 0.3) is 0 Å². The predicted molar refractivity (Wildman–Crippen MR) is 250 cm³/mol. The quantitative estimate of drug-likeness (QED) is 0.0308. The Kier molecular flexibility index (Phi) is 15.6. The summed E-state index contributed by atoms with van der Waals surface area (Å²) >= 11 is 1.90. The molecule has 0 radical (unpaired) electrons. The first-order valence-electron chi connectivity index (χ1n) is 22.6. The predicted octanol–water partition coefficient (Wildman–Crippen LogP) is 7.45. The number of aryl methyl sites for hydroxylation is 1. The van der Waals surface area contributed by atoms with Crippen molar-refractivity contribution in [2.45, 2.75) is 108 Å². The van der Waals surface area contributed by atoms with E-state index in [0.29, 0.717) is 61.0 Å². The van der Waals surface area contributed by atoms with Crippen molar-refractivity contribution in [1.82, 2.24) is 35.7 Å². The van der Waals surface area contributed by atoms with Crippen molar-refractivity contribution in [1.29, 1.82) is 0 Å². The van der Waals surface area contributed by atoms with E-state index in [1.54, 1.807) is 25.6 Å². The lowest BCUT2D eigenvalue weighted by atomic mass is 9.90. The smallest absolute Gasteiger partial charge is 0.315 e. The first-order valence-corrected chi connectivity index (χ1v) is 23.7. The Morgan fingerprint density at radius 2 is 1.64 bits per heavy atom. The Balaban J connectivity index is 0.801. The first-order chi connectivity index (χ1) is 30.9. The van der Waals surface area contributed by atoms with Crippen LogP contribution in [0.4, 0.5) is 4.79 Å². The summed E-state index contributed by atoms with van der Waals surface area (Å²) in [6, 6.07) is 20.9. The number of carbonyl (C=O) groups excluding carboxylic acids is 5. The third-order valence-electron chi connectivity index (χ3n) is 12.5. The van der Waals surface area contributed by atoms with Crippen LogP contribution in [-0.4, -0.2) is 87.3 Å². The molecule has 3 aliphatic heterocycles. The number of aromatic nitrogens is 2. The van der Waals surface area contributed by atoms with Gasteiger partial charge < -0.3 is 35.5 Å². The number of unbranched alkanes of at least 4 members (excludes halogenated alkanes) is 3. The molecule has 64 heavy (non-hydrogen) atoms. The molecule has 4 heterocycles. The molecule has 14 heteroatoms. The van der Waals surface area contributed by atoms with Gasteiger partial charge in [-0.3, -0.25) is 19.2 Å². The van der Waals surface area contributed by atoms with E-state index in [0.717, 1.165) is 77.9 Å². The Morgan fingerprint density at radius 3 is 2.36 bits per heavy atom. The number of piperidine rings is 1. The number of nitrogens with one attached hydrogen (secondary N) is 4. The average Bonchev–Trinajstić information content (AvgIpc) is 4.01. The summed E-state index contributed by atoms with van der Waals surface area (Å²) in [6.07, 6.45) is 12.5. The van der Waals surface area contributed by atoms with Crippen LogP contribution in [0.15, 0.2) is 84.8 Å². The van der Waals surface area contributed by atoms with Crippen LogP contribution in [0.1, 0.15) is 116 Å². The van der Waals surface area contributed by atoms with Gasteiger partial charge in [0.15, 0.2) is 5.78 Å². The molecule has 1 aromatic heterocycles. The van der Waals surface area contributed by atoms with Gasteiger partial charge in [0, 0.05) is 66.4 Å². The monoisotopic (exact) mass is 887 g/mol. The minimum atomic E-state index is -0.189. The largest absolute Gasteiger partial charge is 0.495 e. The highest BCUT2D eigenvalue weighted by molar-refractivity contribution is 8.00. The van der Waals surface area contributed by atoms with E-state index >= 15 is 0 Å². The van der Waals surface area contributed by atoms with Gasteiger partial charge in [-0.2, -0.15) is 11.8 Å². The number of rotatable bonds is 20. The second-order valence-electron chi connectivity index (χ2n) is 17.4. The highest BCUT2D eigenvalue weighted by atomic mass is 32.2. The molecule has 4 aromatic rings. The molecule has 3 aromatic carbocycles. The zero-order valence-corrected chi connectivity index (χ0v) is 38.2. The van der Waals surface area contributed by atoms with E-state index < -0.39 is 0 Å². The molecule has 3 aliphatic rings. The number of imidazole rings is 1. The molecule has 0 saturated carbocycles. The van der Waals surface area contributed by atoms with Gasteiger partial charge in [0.2, 0.25) is 17.7 Å². The Bertz CT molecular complexity index is 2330. The van der Waals surface area contributed by atoms with Crippen LogP contribution >= 0.6 is 11.8 Å². The number of methoxy groups -OCH3 is 1. The third-order valence-corrected chi connectivity index (χ3v) is 14.0. The van der Waals surface area contributed by atoms with Crippen LogP contribution < -0.4 is 26.0 Å². The summed E-state index contributed by atoms with van der Waals surface area (Å²) in [7, 11) is 1.64. The van der Waals surface area contributed by atoms with Crippen LogP contribution in [0.5, 0.6) is 5.75 Å². The second kappa shape index (κ2) is 21.7. The maximum atomic E-state index is 13.9. The number of carbonyl (C=O) groups is 5. The average molecular weight is 888 g/mol. The van der Waals surface area contributed by atoms with Crippen molar-refractivity contribution in [2.24, 2.45) is 5.92 Å². The molecule has 0 bridgehead atoms. The summed E-state index contributed by atoms with van der Waals surface area (Å²) in [5, 5.41) is 12.4. The van der Waals surface area contributed by atoms with Crippen molar-refractivity contribution in [3.63, 3.8) is 0 Å². The molecule has 5 atom stereocenters. The summed E-state index contributed by atoms with van der Waals surface area (Å²) in [6.45, 7) is 7.75. The zero-order chi connectivity index (χ0) is 45.2. The number of ether oxygens (including phenoxy) is 1. The fourth-order valence-corrected chi connectivity index (χ4v) is 10.4. The van der Waals surface area contributed by atoms with E-state index in [-0.39, 0.29) is 53.6 Å². The number of benzene rings is 3. The summed E-state index contributed by atoms with van der Waals surface area (Å²) in [5.74, 6) is 1.85. The van der Waals surface area contributed by atoms with E-state index in [9.17, 15) is 24.0 Å². The van der Waals surface area contributed by atoms with E-state index in [1.165, 1.54) is 0 Å². The lowest BCUT2D eigenvalue weighted by Crippen LogP contribution is -2.42. The maximum Gasteiger partial charge on any atom is 0.315 e. The van der Waals surface area contributed by atoms with Crippen LogP contribution in [0.3, 0.4) is 0 Å². The molecule has 3 saturated heterocycles. The van der Waals surface area contributed by atoms with Crippen LogP contribution in [0, 0.1) is 12.8 Å². The number of hydrogen-bond donors (Lipinski definition) is 4. The van der Waals surface area contributed by atoms with Crippen molar-refractivity contribution in [2.75, 3.05) is 26.0 Å². The van der Waals surface area contributed by atoms with Gasteiger partial charge in [0.05, 0.1) is 42.9 Å². The third kappa shape index (κ3) is 11.8. The number of urea groups is 1. The standard InChI is InChI=1S/C50H61N7O6S/c1-32-24-40(25-36-15-22-42(43(26-36)63-4)56-29-33(2)53-31-56)49(61)57(28-32)34(3)37-18-20-39(21-19-37)48(60)38-16-13-35(14-17-38)27-52-46(59)11-6-5-9-23-51-45(58)12-8-7-10-44-47-41(30-64-44)54-50(62)55-47/h13-22,25-26,29,31-32,34,41,44,47H,5-12,23-24,27-28,30H2,1-4H3,(H,51,58)(H,52,59)(H2,54,55,62)/b40-25+/t32-,34-,41?,44-,47?/m0/s1. The molecule has 0 spiro atoms. The number of fused-ring (bicyclic) bond motifs is 1. The Hall–Kier alpha value is -5.89. The van der Waals surface area contributed by atoms with Crippen molar-refractivity contribution in [3.05, 3.63) is 118 Å². The van der Waals surface area contributed by atoms with Crippen molar-refractivity contribution in [3.8, 4) is 11.4 Å². The fraction of sp³-hybridized carbons (Fsp3) is 0.440. The summed E-state index contributed by atoms with van der Waals surface area (Å²) in [5.41, 5.74) is 6.40. The molecular weight excluding hydrogens is 827 g/mol. The number of amides is 5. The van der Waals surface area contributed by atoms with Gasteiger partial charge in [0.1, 0.15) is 5.75 Å². The molecular formula is C50H61N7O6S. The van der Waals surface area contributed by atoms with Crippen LogP contribution in [-0.2, 0) is 20.9 Å². The number of likely N-dealkylation sites (tertiary alicyclic amines) is 1. The number of hydrogen-bond acceptors (Lipinski definition) is 8. The van der Waals surface area contributed by atoms with Crippen LogP contribution in [0.2, 0.25) is 0 Å². The molecule has 0 aliphatic carbocycles. The van der Waals surface area contributed by atoms with Gasteiger partial charge in [-0.15, -0.1) is 0 Å². The maximum absolute atomic E-state index is 13.9. The molecule has 2 unspecified atom stereocenters. The van der Waals surface area contributed by atoms with E-state index in [1.807, 2.05) is 102 Å². The number of ketones is 1. The molecule has 7 rings (SSSR count). The minimum Gasteiger partial charge on any atom is -0.495 e. The fourth-order valence-electron chi connectivity index (χ4n) is 8.84. The van der Waals surface area contributed by atoms with Gasteiger partial charge in [-0.1, -0.05) is 74.4 Å². The Labute approximate surface area is 380 Å². The van der Waals surface area contributed by atoms with Gasteiger partial charge in [-0.05, 0) is 86.8 Å². The summed E-state index contributed by atoms with van der Waals surface area (Å²) in [4.78, 5) is 69.9. The number of thioether (sulfide) groups is 1. The highest BCUT2D eigenvalue weighted by Gasteiger charge is 2.42. The number of nitrogens with zero attached hydrogens (tertiary/aromatic N) is 3. The van der Waals surface area contributed by atoms with Gasteiger partial charge >= 0.3 is 6.03 Å². The van der Waals surface area contributed by atoms with Crippen LogP contribution in [0.25, 0.3) is 11.8 Å².